The number of imide groups is 1. The fourth-order valence-electron chi connectivity index (χ4n) is 4.69. The monoisotopic (exact) mass is 487 g/mol. The van der Waals surface area contributed by atoms with Crippen molar-refractivity contribution in [2.75, 3.05) is 58.3 Å². The second-order valence-electron chi connectivity index (χ2n) is 9.39. The number of benzene rings is 1. The average Bonchev–Trinajstić information content (AvgIpc) is 2.89. The number of hydrogen-bond acceptors (Lipinski definition) is 7. The van der Waals surface area contributed by atoms with E-state index >= 15 is 0 Å². The minimum Gasteiger partial charge on any atom is -0.495 e. The fraction of sp³-hybridized carbons (Fsp3) is 0.600. The number of nitrogens with one attached hydrogen (secondary N) is 1. The predicted molar refractivity (Wildman–Crippen MR) is 132 cm³/mol. The van der Waals surface area contributed by atoms with Gasteiger partial charge in [-0.2, -0.15) is 0 Å². The maximum atomic E-state index is 12.3. The Morgan fingerprint density at radius 3 is 2.37 bits per heavy atom. The van der Waals surface area contributed by atoms with Crippen LogP contribution in [-0.2, 0) is 9.59 Å². The Kier molecular flexibility index (Phi) is 9.62. The number of carbonyl (C=O) groups excluding carboxylic acids is 4. The third-order valence-electron chi connectivity index (χ3n) is 7.01. The van der Waals surface area contributed by atoms with E-state index < -0.39 is 6.03 Å². The van der Waals surface area contributed by atoms with Crippen molar-refractivity contribution in [3.63, 3.8) is 0 Å². The molecule has 0 spiro atoms. The number of rotatable bonds is 5. The fourth-order valence-corrected chi connectivity index (χ4v) is 4.69. The van der Waals surface area contributed by atoms with E-state index in [0.29, 0.717) is 35.1 Å². The van der Waals surface area contributed by atoms with Gasteiger partial charge in [0.2, 0.25) is 11.8 Å². The lowest BCUT2D eigenvalue weighted by Gasteiger charge is -2.36. The largest absolute Gasteiger partial charge is 0.495 e. The van der Waals surface area contributed by atoms with Gasteiger partial charge in [-0.3, -0.25) is 24.6 Å². The van der Waals surface area contributed by atoms with Crippen LogP contribution in [0.3, 0.4) is 0 Å². The highest BCUT2D eigenvalue weighted by Gasteiger charge is 2.30. The zero-order valence-corrected chi connectivity index (χ0v) is 20.7. The van der Waals surface area contributed by atoms with Crippen LogP contribution in [0.1, 0.15) is 42.5 Å². The Hall–Kier alpha value is -2.98. The van der Waals surface area contributed by atoms with Gasteiger partial charge in [0, 0.05) is 37.5 Å². The Bertz CT molecular complexity index is 908. The van der Waals surface area contributed by atoms with Crippen molar-refractivity contribution >= 4 is 29.8 Å². The average molecular weight is 488 g/mol. The normalized spacial score (nSPS) is 20.1. The SMILES string of the molecule is CN1CCC(C(=O)N2CCC(CN)CC2)CC1.COc1ccc(C=O)cc1N1CCC(=O)NC1=O. The van der Waals surface area contributed by atoms with E-state index in [1.165, 1.54) is 12.0 Å². The molecule has 4 amide bonds. The Morgan fingerprint density at radius 2 is 1.80 bits per heavy atom. The van der Waals surface area contributed by atoms with Crippen molar-refractivity contribution in [2.45, 2.75) is 32.1 Å². The van der Waals surface area contributed by atoms with Crippen molar-refractivity contribution in [1.82, 2.24) is 15.1 Å². The summed E-state index contributed by atoms with van der Waals surface area (Å²) < 4.78 is 5.15. The molecule has 192 valence electrons. The summed E-state index contributed by atoms with van der Waals surface area (Å²) in [6.45, 7) is 5.02. The van der Waals surface area contributed by atoms with E-state index in [1.807, 2.05) is 0 Å². The second-order valence-corrected chi connectivity index (χ2v) is 9.39. The molecule has 0 unspecified atom stereocenters. The van der Waals surface area contributed by atoms with E-state index in [9.17, 15) is 19.2 Å². The summed E-state index contributed by atoms with van der Waals surface area (Å²) in [6.07, 6.45) is 5.16. The lowest BCUT2D eigenvalue weighted by Crippen LogP contribution is -2.49. The molecule has 0 aliphatic carbocycles. The van der Waals surface area contributed by atoms with Crippen LogP contribution < -0.4 is 20.7 Å². The first-order valence-corrected chi connectivity index (χ1v) is 12.3. The van der Waals surface area contributed by atoms with Crippen molar-refractivity contribution in [3.8, 4) is 5.75 Å². The molecule has 1 aromatic carbocycles. The zero-order chi connectivity index (χ0) is 25.4. The quantitative estimate of drug-likeness (QED) is 0.603. The highest BCUT2D eigenvalue weighted by molar-refractivity contribution is 6.06. The van der Waals surface area contributed by atoms with Gasteiger partial charge in [-0.05, 0) is 76.5 Å². The van der Waals surface area contributed by atoms with Crippen LogP contribution in [0, 0.1) is 11.8 Å². The number of anilines is 1. The number of ether oxygens (including phenoxy) is 1. The molecule has 3 aliphatic rings. The van der Waals surface area contributed by atoms with Gasteiger partial charge in [0.25, 0.3) is 0 Å². The maximum absolute atomic E-state index is 12.3. The van der Waals surface area contributed by atoms with Gasteiger partial charge in [-0.1, -0.05) is 0 Å². The molecule has 0 atom stereocenters. The number of likely N-dealkylation sites (tertiary alicyclic amines) is 2. The molecule has 0 bridgehead atoms. The number of nitrogens with two attached hydrogens (primary N) is 1. The Morgan fingerprint density at radius 1 is 1.11 bits per heavy atom. The molecule has 0 radical (unpaired) electrons. The Balaban J connectivity index is 0.000000196. The molecule has 3 aliphatic heterocycles. The highest BCUT2D eigenvalue weighted by atomic mass is 16.5. The maximum Gasteiger partial charge on any atom is 0.328 e. The van der Waals surface area contributed by atoms with Crippen LogP contribution in [-0.4, -0.2) is 87.4 Å². The van der Waals surface area contributed by atoms with Crippen LogP contribution in [0.5, 0.6) is 5.75 Å². The molecule has 3 saturated heterocycles. The van der Waals surface area contributed by atoms with E-state index in [2.05, 4.69) is 22.2 Å². The second kappa shape index (κ2) is 12.6. The number of piperidine rings is 2. The van der Waals surface area contributed by atoms with Gasteiger partial charge in [0.15, 0.2) is 0 Å². The highest BCUT2D eigenvalue weighted by Crippen LogP contribution is 2.30. The van der Waals surface area contributed by atoms with Gasteiger partial charge in [0.05, 0.1) is 12.8 Å². The van der Waals surface area contributed by atoms with Gasteiger partial charge in [-0.25, -0.2) is 4.79 Å². The van der Waals surface area contributed by atoms with Crippen LogP contribution in [0.4, 0.5) is 10.5 Å². The number of urea groups is 1. The van der Waals surface area contributed by atoms with Crippen LogP contribution in [0.25, 0.3) is 0 Å². The van der Waals surface area contributed by atoms with E-state index in [-0.39, 0.29) is 24.8 Å². The minimum absolute atomic E-state index is 0.222. The molecule has 3 heterocycles. The minimum atomic E-state index is -0.507. The first-order valence-electron chi connectivity index (χ1n) is 12.3. The lowest BCUT2D eigenvalue weighted by atomic mass is 9.92. The number of amides is 4. The van der Waals surface area contributed by atoms with Crippen LogP contribution in [0.2, 0.25) is 0 Å². The van der Waals surface area contributed by atoms with Crippen molar-refractivity contribution in [3.05, 3.63) is 23.8 Å². The molecule has 0 aromatic heterocycles. The van der Waals surface area contributed by atoms with Crippen molar-refractivity contribution in [2.24, 2.45) is 17.6 Å². The summed E-state index contributed by atoms with van der Waals surface area (Å²) in [5.74, 6) is 1.48. The summed E-state index contributed by atoms with van der Waals surface area (Å²) in [5.41, 5.74) is 6.59. The number of methoxy groups -OCH3 is 1. The molecular formula is C25H37N5O5. The first-order chi connectivity index (χ1) is 16.9. The summed E-state index contributed by atoms with van der Waals surface area (Å²) in [6, 6.07) is 4.26. The molecule has 4 rings (SSSR count). The lowest BCUT2D eigenvalue weighted by molar-refractivity contribution is -0.138. The summed E-state index contributed by atoms with van der Waals surface area (Å²) in [4.78, 5) is 51.7. The van der Waals surface area contributed by atoms with Crippen molar-refractivity contribution in [1.29, 1.82) is 0 Å². The summed E-state index contributed by atoms with van der Waals surface area (Å²) in [7, 11) is 3.61. The van der Waals surface area contributed by atoms with Gasteiger partial charge in [0.1, 0.15) is 12.0 Å². The third-order valence-corrected chi connectivity index (χ3v) is 7.01. The van der Waals surface area contributed by atoms with E-state index in [0.717, 1.165) is 58.4 Å². The smallest absolute Gasteiger partial charge is 0.328 e. The molecule has 10 nitrogen and oxygen atoms in total. The van der Waals surface area contributed by atoms with Gasteiger partial charge in [-0.15, -0.1) is 0 Å². The molecule has 35 heavy (non-hydrogen) atoms. The van der Waals surface area contributed by atoms with E-state index in [4.69, 9.17) is 10.5 Å². The molecule has 3 N–H and O–H groups in total. The van der Waals surface area contributed by atoms with Gasteiger partial charge >= 0.3 is 6.03 Å². The number of nitrogens with zero attached hydrogens (tertiary/aromatic N) is 3. The number of hydrogen-bond donors (Lipinski definition) is 2. The molecule has 1 aromatic rings. The summed E-state index contributed by atoms with van der Waals surface area (Å²) >= 11 is 0. The van der Waals surface area contributed by atoms with Crippen LogP contribution in [0.15, 0.2) is 18.2 Å². The predicted octanol–water partition coefficient (Wildman–Crippen LogP) is 1.48. The van der Waals surface area contributed by atoms with Crippen molar-refractivity contribution < 1.29 is 23.9 Å². The summed E-state index contributed by atoms with van der Waals surface area (Å²) in [5, 5.41) is 2.22. The number of aldehydes is 1. The van der Waals surface area contributed by atoms with E-state index in [1.54, 1.807) is 18.2 Å². The molecule has 10 heteroatoms. The van der Waals surface area contributed by atoms with Gasteiger partial charge < -0.3 is 20.3 Å². The molecule has 3 fully saturated rings. The first kappa shape index (κ1) is 26.6. The molecular weight excluding hydrogens is 450 g/mol. The molecule has 0 saturated carbocycles. The topological polar surface area (TPSA) is 125 Å². The van der Waals surface area contributed by atoms with Crippen LogP contribution >= 0.6 is 0 Å². The third kappa shape index (κ3) is 7.02. The Labute approximate surface area is 206 Å². The standard InChI is InChI=1S/C13H25N3O.C12H12N2O4/c1-15-6-4-12(5-7-15)13(17)16-8-2-11(10-14)3-9-16;1-18-10-3-2-8(7-15)6-9(10)14-5-4-11(16)13-12(14)17/h11-12H,2-10,14H2,1H3;2-3,6-7H,4-5H2,1H3,(H,13,16,17). The number of carbonyl (C=O) groups is 4. The zero-order valence-electron chi connectivity index (χ0n) is 20.7.